The number of allylic oxidation sites excluding steroid dienone is 8. The lowest BCUT2D eigenvalue weighted by atomic mass is 9.98. The summed E-state index contributed by atoms with van der Waals surface area (Å²) < 4.78 is 32.6. The van der Waals surface area contributed by atoms with Crippen LogP contribution in [0.15, 0.2) is 48.6 Å². The van der Waals surface area contributed by atoms with Crippen molar-refractivity contribution in [1.29, 1.82) is 0 Å². The molecule has 2 fully saturated rings. The molecule has 0 aliphatic carbocycles. The lowest BCUT2D eigenvalue weighted by Gasteiger charge is -2.42. The highest BCUT2D eigenvalue weighted by Crippen LogP contribution is 2.26. The van der Waals surface area contributed by atoms with Gasteiger partial charge in [-0.1, -0.05) is 75.3 Å². The summed E-state index contributed by atoms with van der Waals surface area (Å²) in [5, 5.41) is 71.0. The third-order valence-corrected chi connectivity index (χ3v) is 8.63. The average molecular weight is 759 g/mol. The molecule has 0 saturated carbocycles. The predicted molar refractivity (Wildman–Crippen MR) is 192 cm³/mol. The van der Waals surface area contributed by atoms with E-state index in [4.69, 9.17) is 28.4 Å². The van der Waals surface area contributed by atoms with E-state index in [9.17, 15) is 45.3 Å². The summed E-state index contributed by atoms with van der Waals surface area (Å²) in [5.74, 6) is -1.06. The minimum absolute atomic E-state index is 0.0904. The van der Waals surface area contributed by atoms with E-state index in [1.165, 1.54) is 0 Å². The monoisotopic (exact) mass is 758 g/mol. The first-order chi connectivity index (χ1) is 25.5. The number of esters is 2. The second-order valence-corrected chi connectivity index (χ2v) is 13.0. The van der Waals surface area contributed by atoms with Crippen LogP contribution in [-0.2, 0) is 38.0 Å². The molecule has 2 rings (SSSR count). The maximum atomic E-state index is 12.6. The van der Waals surface area contributed by atoms with Crippen LogP contribution in [0.1, 0.15) is 84.5 Å². The van der Waals surface area contributed by atoms with Gasteiger partial charge in [0.1, 0.15) is 55.4 Å². The van der Waals surface area contributed by atoms with Crippen LogP contribution in [0.4, 0.5) is 0 Å². The van der Waals surface area contributed by atoms with Crippen molar-refractivity contribution in [2.45, 2.75) is 152 Å². The van der Waals surface area contributed by atoms with Gasteiger partial charge in [-0.3, -0.25) is 9.59 Å². The van der Waals surface area contributed by atoms with Gasteiger partial charge in [0, 0.05) is 12.8 Å². The molecule has 0 amide bonds. The number of hydrogen-bond donors (Lipinski definition) is 7. The number of carbonyl (C=O) groups is 2. The van der Waals surface area contributed by atoms with Crippen molar-refractivity contribution < 1.29 is 73.8 Å². The van der Waals surface area contributed by atoms with E-state index >= 15 is 0 Å². The predicted octanol–water partition coefficient (Wildman–Crippen LogP) is 1.64. The molecule has 2 heterocycles. The molecule has 7 N–H and O–H groups in total. The molecule has 0 aromatic heterocycles. The summed E-state index contributed by atoms with van der Waals surface area (Å²) in [5.41, 5.74) is 0. The smallest absolute Gasteiger partial charge is 0.306 e. The van der Waals surface area contributed by atoms with Gasteiger partial charge >= 0.3 is 11.9 Å². The van der Waals surface area contributed by atoms with Crippen LogP contribution in [0.2, 0.25) is 0 Å². The minimum atomic E-state index is -1.76. The molecule has 0 aromatic rings. The first-order valence-electron chi connectivity index (χ1n) is 18.7. The van der Waals surface area contributed by atoms with Crippen LogP contribution in [-0.4, -0.2) is 142 Å². The SMILES string of the molecule is CC/C=C\C/C=C\C/C=C\C/C=C\CCCCCCC(=O)OC(COC(=O)CC)COC1OC(COC2OC(CO)C(O)C(O)C2O)C(O)C(O)C1O. The fourth-order valence-electron chi connectivity index (χ4n) is 5.42. The van der Waals surface area contributed by atoms with E-state index in [0.29, 0.717) is 6.42 Å². The van der Waals surface area contributed by atoms with E-state index in [1.807, 2.05) is 0 Å². The fraction of sp³-hybridized carbons (Fsp3) is 0.737. The van der Waals surface area contributed by atoms with Crippen LogP contribution in [0, 0.1) is 0 Å². The van der Waals surface area contributed by atoms with E-state index in [-0.39, 0.29) is 19.4 Å². The standard InChI is InChI=1S/C38H62O15/c1-3-5-6-7-8-9-10-11-12-13-14-15-16-17-18-19-20-21-30(41)51-26(23-48-29(40)4-2)24-49-37-36(47)34(45)32(43)28(53-37)25-50-38-35(46)33(44)31(42)27(22-39)52-38/h5-6,8-9,11-12,14-15,26-28,31-39,42-47H,3-4,7,10,13,16-25H2,1-2H3/b6-5-,9-8-,12-11-,15-14-. The number of aliphatic hydroxyl groups excluding tert-OH is 7. The molecule has 2 aliphatic heterocycles. The van der Waals surface area contributed by atoms with Crippen molar-refractivity contribution in [2.24, 2.45) is 0 Å². The van der Waals surface area contributed by atoms with Gasteiger partial charge in [-0.2, -0.15) is 0 Å². The lowest BCUT2D eigenvalue weighted by Crippen LogP contribution is -2.61. The first kappa shape index (κ1) is 46.6. The van der Waals surface area contributed by atoms with Gasteiger partial charge in [-0.05, 0) is 44.9 Å². The van der Waals surface area contributed by atoms with Crippen LogP contribution in [0.3, 0.4) is 0 Å². The quantitative estimate of drug-likeness (QED) is 0.0399. The van der Waals surface area contributed by atoms with Crippen molar-refractivity contribution in [3.63, 3.8) is 0 Å². The first-order valence-corrected chi connectivity index (χ1v) is 18.7. The normalized spacial score (nSPS) is 30.1. The van der Waals surface area contributed by atoms with E-state index in [0.717, 1.165) is 51.4 Å². The number of rotatable bonds is 25. The summed E-state index contributed by atoms with van der Waals surface area (Å²) in [7, 11) is 0. The average Bonchev–Trinajstić information content (AvgIpc) is 3.15. The van der Waals surface area contributed by atoms with Crippen molar-refractivity contribution in [3.05, 3.63) is 48.6 Å². The molecule has 15 heteroatoms. The van der Waals surface area contributed by atoms with Gasteiger partial charge in [-0.15, -0.1) is 0 Å². The molecule has 53 heavy (non-hydrogen) atoms. The fourth-order valence-corrected chi connectivity index (χ4v) is 5.42. The third kappa shape index (κ3) is 17.6. The zero-order chi connectivity index (χ0) is 39.0. The Labute approximate surface area is 312 Å². The summed E-state index contributed by atoms with van der Waals surface area (Å²) >= 11 is 0. The maximum Gasteiger partial charge on any atom is 0.306 e. The summed E-state index contributed by atoms with van der Waals surface area (Å²) in [6.45, 7) is 1.78. The molecule has 15 nitrogen and oxygen atoms in total. The van der Waals surface area contributed by atoms with Crippen molar-refractivity contribution in [3.8, 4) is 0 Å². The summed E-state index contributed by atoms with van der Waals surface area (Å²) in [6, 6.07) is 0. The molecular formula is C38H62O15. The van der Waals surface area contributed by atoms with Gasteiger partial charge in [-0.25, -0.2) is 0 Å². The second kappa shape index (κ2) is 27.1. The molecule has 11 atom stereocenters. The molecular weight excluding hydrogens is 696 g/mol. The summed E-state index contributed by atoms with van der Waals surface area (Å²) in [6.07, 6.45) is 8.71. The Morgan fingerprint density at radius 2 is 1.17 bits per heavy atom. The number of carbonyl (C=O) groups excluding carboxylic acids is 2. The Bertz CT molecular complexity index is 1120. The topological polar surface area (TPSA) is 231 Å². The van der Waals surface area contributed by atoms with Gasteiger partial charge in [0.05, 0.1) is 19.8 Å². The van der Waals surface area contributed by atoms with Gasteiger partial charge < -0.3 is 64.2 Å². The van der Waals surface area contributed by atoms with Gasteiger partial charge in [0.2, 0.25) is 0 Å². The van der Waals surface area contributed by atoms with Crippen molar-refractivity contribution in [1.82, 2.24) is 0 Å². The largest absolute Gasteiger partial charge is 0.462 e. The molecule has 2 aliphatic rings. The number of unbranched alkanes of at least 4 members (excludes halogenated alkanes) is 4. The van der Waals surface area contributed by atoms with Gasteiger partial charge in [0.15, 0.2) is 18.7 Å². The van der Waals surface area contributed by atoms with E-state index in [2.05, 4.69) is 55.5 Å². The molecule has 2 saturated heterocycles. The molecule has 11 unspecified atom stereocenters. The zero-order valence-electron chi connectivity index (χ0n) is 31.0. The number of hydrogen-bond acceptors (Lipinski definition) is 15. The highest BCUT2D eigenvalue weighted by Gasteiger charge is 2.47. The molecule has 304 valence electrons. The van der Waals surface area contributed by atoms with E-state index < -0.39 is 99.3 Å². The van der Waals surface area contributed by atoms with Gasteiger partial charge in [0.25, 0.3) is 0 Å². The molecule has 0 radical (unpaired) electrons. The lowest BCUT2D eigenvalue weighted by molar-refractivity contribution is -0.332. The second-order valence-electron chi connectivity index (χ2n) is 13.0. The highest BCUT2D eigenvalue weighted by molar-refractivity contribution is 5.70. The van der Waals surface area contributed by atoms with Crippen LogP contribution in [0.5, 0.6) is 0 Å². The Hall–Kier alpha value is -2.54. The molecule has 0 aromatic carbocycles. The van der Waals surface area contributed by atoms with E-state index in [1.54, 1.807) is 6.92 Å². The van der Waals surface area contributed by atoms with Crippen LogP contribution in [0.25, 0.3) is 0 Å². The highest BCUT2D eigenvalue weighted by atomic mass is 16.7. The third-order valence-electron chi connectivity index (χ3n) is 8.63. The Balaban J connectivity index is 1.76. The minimum Gasteiger partial charge on any atom is -0.462 e. The maximum absolute atomic E-state index is 12.6. The molecule has 0 spiro atoms. The molecule has 0 bridgehead atoms. The Morgan fingerprint density at radius 1 is 0.623 bits per heavy atom. The van der Waals surface area contributed by atoms with Crippen molar-refractivity contribution >= 4 is 11.9 Å². The zero-order valence-corrected chi connectivity index (χ0v) is 31.0. The number of aliphatic hydroxyl groups is 7. The summed E-state index contributed by atoms with van der Waals surface area (Å²) in [4.78, 5) is 24.5. The number of ether oxygens (including phenoxy) is 6. The van der Waals surface area contributed by atoms with Crippen LogP contribution < -0.4 is 0 Å². The van der Waals surface area contributed by atoms with Crippen LogP contribution >= 0.6 is 0 Å². The Morgan fingerprint density at radius 3 is 1.77 bits per heavy atom. The Kier molecular flexibility index (Phi) is 23.8. The van der Waals surface area contributed by atoms with Crippen molar-refractivity contribution in [2.75, 3.05) is 26.4 Å².